The molecule has 88 valence electrons. The summed E-state index contributed by atoms with van der Waals surface area (Å²) in [4.78, 5) is 10.9. The van der Waals surface area contributed by atoms with E-state index in [0.717, 1.165) is 36.8 Å². The van der Waals surface area contributed by atoms with Crippen LogP contribution in [0.3, 0.4) is 0 Å². The quantitative estimate of drug-likeness (QED) is 0.628. The highest BCUT2D eigenvalue weighted by molar-refractivity contribution is 7.98. The number of aliphatic hydroxyl groups is 1. The van der Waals surface area contributed by atoms with Crippen LogP contribution in [0.1, 0.15) is 12.0 Å². The van der Waals surface area contributed by atoms with Crippen LogP contribution in [0.25, 0.3) is 0 Å². The number of aromatic nitrogens is 2. The maximum atomic E-state index is 9.06. The second kappa shape index (κ2) is 5.61. The number of hydrogen-bond donors (Lipinski definition) is 1. The Bertz CT molecular complexity index is 331. The predicted octanol–water partition coefficient (Wildman–Crippen LogP) is 1.01. The predicted molar refractivity (Wildman–Crippen MR) is 64.3 cm³/mol. The fourth-order valence-electron chi connectivity index (χ4n) is 1.99. The largest absolute Gasteiger partial charge is 0.396 e. The second-order valence-electron chi connectivity index (χ2n) is 4.15. The molecule has 0 bridgehead atoms. The van der Waals surface area contributed by atoms with E-state index in [0.29, 0.717) is 12.5 Å². The first-order valence-electron chi connectivity index (χ1n) is 5.50. The van der Waals surface area contributed by atoms with E-state index < -0.39 is 0 Å². The fourth-order valence-corrected chi connectivity index (χ4v) is 2.31. The van der Waals surface area contributed by atoms with Crippen molar-refractivity contribution in [1.29, 1.82) is 0 Å². The monoisotopic (exact) mass is 239 g/mol. The minimum atomic E-state index is 0.304. The average Bonchev–Trinajstić information content (AvgIpc) is 2.78. The van der Waals surface area contributed by atoms with E-state index in [4.69, 9.17) is 5.11 Å². The molecule has 0 amide bonds. The molecule has 4 nitrogen and oxygen atoms in total. The lowest BCUT2D eigenvalue weighted by molar-refractivity contribution is 0.220. The summed E-state index contributed by atoms with van der Waals surface area (Å²) in [6, 6.07) is 0. The van der Waals surface area contributed by atoms with Gasteiger partial charge in [-0.3, -0.25) is 4.90 Å². The van der Waals surface area contributed by atoms with Crippen molar-refractivity contribution in [3.05, 3.63) is 18.0 Å². The summed E-state index contributed by atoms with van der Waals surface area (Å²) in [6.45, 7) is 3.25. The molecule has 1 unspecified atom stereocenters. The summed E-state index contributed by atoms with van der Waals surface area (Å²) in [7, 11) is 0. The molecule has 1 N–H and O–H groups in total. The molecule has 1 aliphatic heterocycles. The molecule has 16 heavy (non-hydrogen) atoms. The number of hydrogen-bond acceptors (Lipinski definition) is 5. The molecule has 0 saturated carbocycles. The highest BCUT2D eigenvalue weighted by Gasteiger charge is 2.21. The molecule has 1 atom stereocenters. The van der Waals surface area contributed by atoms with Gasteiger partial charge in [-0.2, -0.15) is 0 Å². The molecule has 5 heteroatoms. The van der Waals surface area contributed by atoms with Crippen LogP contribution >= 0.6 is 11.8 Å². The molecule has 0 aromatic carbocycles. The van der Waals surface area contributed by atoms with E-state index in [-0.39, 0.29) is 0 Å². The van der Waals surface area contributed by atoms with Gasteiger partial charge >= 0.3 is 0 Å². The Balaban J connectivity index is 1.89. The number of rotatable bonds is 4. The molecule has 0 spiro atoms. The van der Waals surface area contributed by atoms with E-state index in [1.165, 1.54) is 0 Å². The number of nitrogens with zero attached hydrogens (tertiary/aromatic N) is 3. The minimum Gasteiger partial charge on any atom is -0.396 e. The van der Waals surface area contributed by atoms with Crippen molar-refractivity contribution >= 4 is 11.8 Å². The van der Waals surface area contributed by atoms with E-state index >= 15 is 0 Å². The molecule has 1 aliphatic rings. The van der Waals surface area contributed by atoms with Gasteiger partial charge < -0.3 is 5.11 Å². The van der Waals surface area contributed by atoms with Crippen molar-refractivity contribution in [3.8, 4) is 0 Å². The van der Waals surface area contributed by atoms with Gasteiger partial charge in [0.05, 0.1) is 0 Å². The maximum Gasteiger partial charge on any atom is 0.187 e. The summed E-state index contributed by atoms with van der Waals surface area (Å²) in [5.41, 5.74) is 1.15. The van der Waals surface area contributed by atoms with Crippen molar-refractivity contribution in [3.63, 3.8) is 0 Å². The van der Waals surface area contributed by atoms with Crippen molar-refractivity contribution in [2.24, 2.45) is 5.92 Å². The highest BCUT2D eigenvalue weighted by Crippen LogP contribution is 2.17. The third kappa shape index (κ3) is 2.93. The summed E-state index contributed by atoms with van der Waals surface area (Å²) < 4.78 is 0. The zero-order valence-electron chi connectivity index (χ0n) is 9.46. The van der Waals surface area contributed by atoms with Crippen molar-refractivity contribution in [2.75, 3.05) is 26.0 Å². The lowest BCUT2D eigenvalue weighted by atomic mass is 10.1. The summed E-state index contributed by atoms with van der Waals surface area (Å²) >= 11 is 1.56. The second-order valence-corrected chi connectivity index (χ2v) is 4.92. The van der Waals surface area contributed by atoms with E-state index in [1.807, 2.05) is 18.6 Å². The van der Waals surface area contributed by atoms with Crippen LogP contribution in [0, 0.1) is 5.92 Å². The topological polar surface area (TPSA) is 49.2 Å². The van der Waals surface area contributed by atoms with Gasteiger partial charge in [0.2, 0.25) is 0 Å². The van der Waals surface area contributed by atoms with Crippen molar-refractivity contribution in [2.45, 2.75) is 18.1 Å². The molecule has 1 aromatic rings. The summed E-state index contributed by atoms with van der Waals surface area (Å²) in [5.74, 6) is 0.450. The smallest absolute Gasteiger partial charge is 0.187 e. The van der Waals surface area contributed by atoms with Gasteiger partial charge in [0.1, 0.15) is 0 Å². The first kappa shape index (κ1) is 11.8. The van der Waals surface area contributed by atoms with Crippen LogP contribution in [0.4, 0.5) is 0 Å². The number of thioether (sulfide) groups is 1. The van der Waals surface area contributed by atoms with Gasteiger partial charge in [-0.1, -0.05) is 11.8 Å². The third-order valence-corrected chi connectivity index (χ3v) is 3.47. The average molecular weight is 239 g/mol. The van der Waals surface area contributed by atoms with Gasteiger partial charge in [-0.05, 0) is 25.1 Å². The van der Waals surface area contributed by atoms with Gasteiger partial charge in [0.15, 0.2) is 5.16 Å². The lowest BCUT2D eigenvalue weighted by Gasteiger charge is -2.14. The van der Waals surface area contributed by atoms with Crippen LogP contribution in [0.5, 0.6) is 0 Å². The Hall–Kier alpha value is -0.650. The minimum absolute atomic E-state index is 0.304. The first-order chi connectivity index (χ1) is 7.81. The first-order valence-corrected chi connectivity index (χ1v) is 6.72. The number of likely N-dealkylation sites (tertiary alicyclic amines) is 1. The summed E-state index contributed by atoms with van der Waals surface area (Å²) in [6.07, 6.45) is 6.86. The van der Waals surface area contributed by atoms with Crippen LogP contribution in [-0.4, -0.2) is 45.9 Å². The van der Waals surface area contributed by atoms with E-state index in [2.05, 4.69) is 14.9 Å². The molecular weight excluding hydrogens is 222 g/mol. The Morgan fingerprint density at radius 1 is 1.50 bits per heavy atom. The lowest BCUT2D eigenvalue weighted by Crippen LogP contribution is -2.21. The van der Waals surface area contributed by atoms with Crippen LogP contribution in [-0.2, 0) is 6.54 Å². The Labute approximate surface area is 100 Å². The third-order valence-electron chi connectivity index (χ3n) is 2.90. The van der Waals surface area contributed by atoms with E-state index in [9.17, 15) is 0 Å². The molecular formula is C11H17N3OS. The molecule has 0 aliphatic carbocycles. The SMILES string of the molecule is CSc1ncc(CN2CCC(CO)C2)cn1. The van der Waals surface area contributed by atoms with Gasteiger partial charge in [0.25, 0.3) is 0 Å². The van der Waals surface area contributed by atoms with Crippen molar-refractivity contribution in [1.82, 2.24) is 14.9 Å². The Kier molecular flexibility index (Phi) is 4.15. The molecule has 1 aromatic heterocycles. The van der Waals surface area contributed by atoms with Crippen molar-refractivity contribution < 1.29 is 5.11 Å². The van der Waals surface area contributed by atoms with Crippen LogP contribution < -0.4 is 0 Å². The van der Waals surface area contributed by atoms with E-state index in [1.54, 1.807) is 11.8 Å². The maximum absolute atomic E-state index is 9.06. The molecule has 2 heterocycles. The standard InChI is InChI=1S/C11H17N3OS/c1-16-11-12-4-10(5-13-11)7-14-3-2-9(6-14)8-15/h4-5,9,15H,2-3,6-8H2,1H3. The molecule has 1 saturated heterocycles. The zero-order valence-corrected chi connectivity index (χ0v) is 10.3. The summed E-state index contributed by atoms with van der Waals surface area (Å²) in [5, 5.41) is 9.88. The Morgan fingerprint density at radius 2 is 2.25 bits per heavy atom. The molecule has 0 radical (unpaired) electrons. The normalized spacial score (nSPS) is 21.5. The van der Waals surface area contributed by atoms with Gasteiger partial charge in [-0.15, -0.1) is 0 Å². The van der Waals surface area contributed by atoms with Gasteiger partial charge in [-0.25, -0.2) is 9.97 Å². The molecule has 2 rings (SSSR count). The molecule has 1 fully saturated rings. The highest BCUT2D eigenvalue weighted by atomic mass is 32.2. The number of aliphatic hydroxyl groups excluding tert-OH is 1. The van der Waals surface area contributed by atoms with Crippen LogP contribution in [0.2, 0.25) is 0 Å². The zero-order chi connectivity index (χ0) is 11.4. The Morgan fingerprint density at radius 3 is 2.81 bits per heavy atom. The fraction of sp³-hybridized carbons (Fsp3) is 0.636. The van der Waals surface area contributed by atoms with Gasteiger partial charge in [0, 0.05) is 37.7 Å². The van der Waals surface area contributed by atoms with Crippen LogP contribution in [0.15, 0.2) is 17.6 Å².